The summed E-state index contributed by atoms with van der Waals surface area (Å²) in [7, 11) is 0. The molecular formula is C20H19Cl2N3OS. The summed E-state index contributed by atoms with van der Waals surface area (Å²) >= 11 is 13.1. The van der Waals surface area contributed by atoms with Gasteiger partial charge in [-0.25, -0.2) is 0 Å². The van der Waals surface area contributed by atoms with Crippen molar-refractivity contribution in [1.82, 2.24) is 0 Å². The molecule has 0 radical (unpaired) electrons. The van der Waals surface area contributed by atoms with Crippen LogP contribution in [-0.4, -0.2) is 24.2 Å². The van der Waals surface area contributed by atoms with Gasteiger partial charge in [0.2, 0.25) is 0 Å². The lowest BCUT2D eigenvalue weighted by Gasteiger charge is -2.20. The van der Waals surface area contributed by atoms with Crippen LogP contribution in [0.15, 0.2) is 47.4 Å². The third-order valence-electron chi connectivity index (χ3n) is 4.30. The van der Waals surface area contributed by atoms with E-state index in [1.54, 1.807) is 18.2 Å². The van der Waals surface area contributed by atoms with Gasteiger partial charge in [0.05, 0.1) is 20.6 Å². The van der Waals surface area contributed by atoms with Crippen molar-refractivity contribution in [3.8, 4) is 0 Å². The van der Waals surface area contributed by atoms with Crippen molar-refractivity contribution < 1.29 is 4.79 Å². The fourth-order valence-corrected chi connectivity index (χ4v) is 4.02. The van der Waals surface area contributed by atoms with E-state index in [2.05, 4.69) is 18.7 Å². The highest BCUT2D eigenvalue weighted by Crippen LogP contribution is 2.37. The van der Waals surface area contributed by atoms with E-state index in [1.807, 2.05) is 30.3 Å². The summed E-state index contributed by atoms with van der Waals surface area (Å²) in [6, 6.07) is 13.0. The van der Waals surface area contributed by atoms with Crippen molar-refractivity contribution in [3.63, 3.8) is 0 Å². The summed E-state index contributed by atoms with van der Waals surface area (Å²) in [5, 5.41) is 9.09. The van der Waals surface area contributed by atoms with Crippen molar-refractivity contribution in [3.05, 3.63) is 63.0 Å². The molecule has 3 rings (SSSR count). The first-order valence-electron chi connectivity index (χ1n) is 8.57. The van der Waals surface area contributed by atoms with Crippen LogP contribution < -0.4 is 9.80 Å². The van der Waals surface area contributed by atoms with Gasteiger partial charge in [0.25, 0.3) is 5.91 Å². The first-order valence-corrected chi connectivity index (χ1v) is 10.1. The lowest BCUT2D eigenvalue weighted by molar-refractivity contribution is -0.113. The number of carbonyl (C=O) groups excluding carboxylic acids is 1. The van der Waals surface area contributed by atoms with Crippen LogP contribution in [0.1, 0.15) is 19.4 Å². The number of thioether (sulfide) groups is 1. The Bertz CT molecular complexity index is 908. The summed E-state index contributed by atoms with van der Waals surface area (Å²) in [6.45, 7) is 6.13. The summed E-state index contributed by atoms with van der Waals surface area (Å²) in [4.78, 5) is 16.9. The number of nitrogens with zero attached hydrogens (tertiary/aromatic N) is 2. The van der Waals surface area contributed by atoms with E-state index in [9.17, 15) is 4.79 Å². The van der Waals surface area contributed by atoms with Crippen molar-refractivity contribution in [2.24, 2.45) is 0 Å². The molecule has 1 aliphatic rings. The number of hydrogen-bond acceptors (Lipinski definition) is 4. The molecule has 1 fully saturated rings. The average molecular weight is 420 g/mol. The van der Waals surface area contributed by atoms with Gasteiger partial charge in [-0.1, -0.05) is 35.3 Å². The topological polar surface area (TPSA) is 47.4 Å². The molecule has 1 saturated heterocycles. The standard InChI is InChI=1S/C20H19Cl2N3OS/c1-3-24(4-2)14-7-5-13(6-8-14)11-18-19(26)25(20(23)27-18)15-9-10-16(21)17(22)12-15/h5-12,23H,3-4H2,1-2H3/b18-11-,23-20?. The SMILES string of the molecule is CCN(CC)c1ccc(/C=C2\SC(=N)N(c3ccc(Cl)c(Cl)c3)C2=O)cc1. The summed E-state index contributed by atoms with van der Waals surface area (Å²) < 4.78 is 0. The van der Waals surface area contributed by atoms with Crippen molar-refractivity contribution in [2.75, 3.05) is 22.9 Å². The molecule has 27 heavy (non-hydrogen) atoms. The Kier molecular flexibility index (Phi) is 6.15. The summed E-state index contributed by atoms with van der Waals surface area (Å²) in [5.74, 6) is -0.240. The van der Waals surface area contributed by atoms with Gasteiger partial charge in [0.1, 0.15) is 0 Å². The van der Waals surface area contributed by atoms with Crippen LogP contribution in [0.5, 0.6) is 0 Å². The number of anilines is 2. The minimum Gasteiger partial charge on any atom is -0.372 e. The number of hydrogen-bond donors (Lipinski definition) is 1. The van der Waals surface area contributed by atoms with E-state index < -0.39 is 0 Å². The molecule has 0 atom stereocenters. The monoisotopic (exact) mass is 419 g/mol. The van der Waals surface area contributed by atoms with Crippen LogP contribution in [-0.2, 0) is 4.79 Å². The number of carbonyl (C=O) groups is 1. The van der Waals surface area contributed by atoms with Crippen LogP contribution in [0.4, 0.5) is 11.4 Å². The van der Waals surface area contributed by atoms with Gasteiger partial charge in [0, 0.05) is 18.8 Å². The molecule has 0 spiro atoms. The van der Waals surface area contributed by atoms with Gasteiger partial charge in [0.15, 0.2) is 5.17 Å². The van der Waals surface area contributed by atoms with Crippen molar-refractivity contribution >= 4 is 63.5 Å². The van der Waals surface area contributed by atoms with E-state index in [0.29, 0.717) is 20.6 Å². The minimum atomic E-state index is -0.240. The highest BCUT2D eigenvalue weighted by molar-refractivity contribution is 8.19. The summed E-state index contributed by atoms with van der Waals surface area (Å²) in [6.07, 6.45) is 1.81. The number of amides is 1. The average Bonchev–Trinajstić information content (AvgIpc) is 2.93. The molecule has 2 aromatic carbocycles. The van der Waals surface area contributed by atoms with Crippen molar-refractivity contribution in [1.29, 1.82) is 5.41 Å². The smallest absolute Gasteiger partial charge is 0.271 e. The zero-order valence-electron chi connectivity index (χ0n) is 15.0. The van der Waals surface area contributed by atoms with Crippen LogP contribution in [0.2, 0.25) is 10.0 Å². The Morgan fingerprint density at radius 1 is 1.07 bits per heavy atom. The molecule has 140 valence electrons. The Balaban J connectivity index is 1.84. The van der Waals surface area contributed by atoms with Crippen molar-refractivity contribution in [2.45, 2.75) is 13.8 Å². The fraction of sp³-hybridized carbons (Fsp3) is 0.200. The predicted octanol–water partition coefficient (Wildman–Crippen LogP) is 5.90. The quantitative estimate of drug-likeness (QED) is 0.613. The maximum absolute atomic E-state index is 12.8. The fourth-order valence-electron chi connectivity index (χ4n) is 2.87. The van der Waals surface area contributed by atoms with Gasteiger partial charge in [-0.05, 0) is 67.6 Å². The third kappa shape index (κ3) is 4.15. The van der Waals surface area contributed by atoms with Crippen LogP contribution >= 0.6 is 35.0 Å². The number of benzene rings is 2. The highest BCUT2D eigenvalue weighted by Gasteiger charge is 2.33. The molecule has 1 N–H and O–H groups in total. The van der Waals surface area contributed by atoms with Gasteiger partial charge in [-0.3, -0.25) is 15.1 Å². The Labute approximate surface area is 173 Å². The molecular weight excluding hydrogens is 401 g/mol. The van der Waals surface area contributed by atoms with E-state index in [4.69, 9.17) is 28.6 Å². The largest absolute Gasteiger partial charge is 0.372 e. The Hall–Kier alpha value is -1.95. The lowest BCUT2D eigenvalue weighted by Crippen LogP contribution is -2.28. The molecule has 7 heteroatoms. The maximum atomic E-state index is 12.8. The third-order valence-corrected chi connectivity index (χ3v) is 5.93. The minimum absolute atomic E-state index is 0.143. The maximum Gasteiger partial charge on any atom is 0.271 e. The number of rotatable bonds is 5. The second-order valence-electron chi connectivity index (χ2n) is 5.92. The Morgan fingerprint density at radius 3 is 2.33 bits per heavy atom. The lowest BCUT2D eigenvalue weighted by atomic mass is 10.1. The molecule has 4 nitrogen and oxygen atoms in total. The van der Waals surface area contributed by atoms with E-state index in [1.165, 1.54) is 4.90 Å². The molecule has 1 amide bonds. The van der Waals surface area contributed by atoms with E-state index in [0.717, 1.165) is 36.1 Å². The Morgan fingerprint density at radius 2 is 1.74 bits per heavy atom. The zero-order valence-corrected chi connectivity index (χ0v) is 17.3. The normalized spacial score (nSPS) is 15.7. The molecule has 0 saturated carbocycles. The molecule has 0 aliphatic carbocycles. The van der Waals surface area contributed by atoms with Crippen LogP contribution in [0.25, 0.3) is 6.08 Å². The molecule has 0 bridgehead atoms. The second kappa shape index (κ2) is 8.38. The molecule has 1 aliphatic heterocycles. The zero-order chi connectivity index (χ0) is 19.6. The molecule has 0 aromatic heterocycles. The summed E-state index contributed by atoms with van der Waals surface area (Å²) in [5.41, 5.74) is 2.61. The molecule has 2 aromatic rings. The number of amidine groups is 1. The number of halogens is 2. The predicted molar refractivity (Wildman–Crippen MR) is 117 cm³/mol. The van der Waals surface area contributed by atoms with Gasteiger partial charge >= 0.3 is 0 Å². The second-order valence-corrected chi connectivity index (χ2v) is 7.76. The van der Waals surface area contributed by atoms with Gasteiger partial charge in [-0.2, -0.15) is 0 Å². The first-order chi connectivity index (χ1) is 12.9. The van der Waals surface area contributed by atoms with Gasteiger partial charge in [-0.15, -0.1) is 0 Å². The van der Waals surface area contributed by atoms with Gasteiger partial charge < -0.3 is 4.90 Å². The molecule has 0 unspecified atom stereocenters. The first kappa shape index (κ1) is 19.8. The van der Waals surface area contributed by atoms with E-state index >= 15 is 0 Å². The van der Waals surface area contributed by atoms with Crippen LogP contribution in [0.3, 0.4) is 0 Å². The molecule has 1 heterocycles. The number of nitrogens with one attached hydrogen (secondary N) is 1. The highest BCUT2D eigenvalue weighted by atomic mass is 35.5. The van der Waals surface area contributed by atoms with Crippen LogP contribution in [0, 0.1) is 5.41 Å². The van der Waals surface area contributed by atoms with E-state index in [-0.39, 0.29) is 11.1 Å².